The Labute approximate surface area is 129 Å². The van der Waals surface area contributed by atoms with Gasteiger partial charge in [-0.15, -0.1) is 0 Å². The average Bonchev–Trinajstić information content (AvgIpc) is 2.55. The van der Waals surface area contributed by atoms with Gasteiger partial charge < -0.3 is 10.1 Å². The zero-order chi connectivity index (χ0) is 15.5. The summed E-state index contributed by atoms with van der Waals surface area (Å²) in [7, 11) is 1.34. The summed E-state index contributed by atoms with van der Waals surface area (Å²) < 4.78 is 4.69. The predicted molar refractivity (Wildman–Crippen MR) is 79.2 cm³/mol. The zero-order valence-corrected chi connectivity index (χ0v) is 12.6. The molecule has 0 unspecified atom stereocenters. The van der Waals surface area contributed by atoms with Crippen LogP contribution in [0.5, 0.6) is 0 Å². The molecule has 2 fully saturated rings. The topological polar surface area (TPSA) is 74.8 Å². The van der Waals surface area contributed by atoms with Crippen molar-refractivity contribution in [2.24, 2.45) is 0 Å². The van der Waals surface area contributed by atoms with Gasteiger partial charge in [0.05, 0.1) is 12.8 Å². The van der Waals surface area contributed by atoms with E-state index >= 15 is 0 Å². The molecule has 1 aromatic heterocycles. The monoisotopic (exact) mass is 304 g/mol. The van der Waals surface area contributed by atoms with Gasteiger partial charge >= 0.3 is 5.97 Å². The fraction of sp³-hybridized carbons (Fsp3) is 0.533. The molecule has 0 saturated carbocycles. The molecular formula is C15H20N4O3. The number of carbonyl (C=O) groups is 2. The van der Waals surface area contributed by atoms with E-state index in [1.165, 1.54) is 7.11 Å². The smallest absolute Gasteiger partial charge is 0.356 e. The minimum Gasteiger partial charge on any atom is -0.464 e. The Balaban J connectivity index is 1.66. The third kappa shape index (κ3) is 3.10. The number of aromatic nitrogens is 1. The number of ether oxygens (including phenoxy) is 1. The van der Waals surface area contributed by atoms with E-state index in [1.54, 1.807) is 12.1 Å². The minimum absolute atomic E-state index is 0.0775. The molecule has 7 nitrogen and oxygen atoms in total. The first-order valence-corrected chi connectivity index (χ1v) is 7.46. The number of nitrogens with one attached hydrogen (secondary N) is 1. The van der Waals surface area contributed by atoms with E-state index in [0.717, 1.165) is 31.9 Å². The number of amides is 1. The van der Waals surface area contributed by atoms with Gasteiger partial charge in [0.25, 0.3) is 0 Å². The van der Waals surface area contributed by atoms with Crippen LogP contribution in [0.15, 0.2) is 18.2 Å². The van der Waals surface area contributed by atoms with Crippen molar-refractivity contribution >= 4 is 11.9 Å². The highest BCUT2D eigenvalue weighted by molar-refractivity contribution is 5.87. The number of carbonyl (C=O) groups excluding carboxylic acids is 2. The minimum atomic E-state index is -0.432. The van der Waals surface area contributed by atoms with Crippen molar-refractivity contribution in [1.29, 1.82) is 0 Å². The lowest BCUT2D eigenvalue weighted by molar-refractivity contribution is -0.132. The Kier molecular flexibility index (Phi) is 4.35. The van der Waals surface area contributed by atoms with Crippen LogP contribution in [0.1, 0.15) is 16.2 Å². The molecule has 3 rings (SSSR count). The van der Waals surface area contributed by atoms with E-state index in [9.17, 15) is 9.59 Å². The number of fused-ring (bicyclic) bond motifs is 1. The summed E-state index contributed by atoms with van der Waals surface area (Å²) in [5, 5.41) is 2.91. The summed E-state index contributed by atoms with van der Waals surface area (Å²) in [4.78, 5) is 32.2. The molecule has 2 aliphatic rings. The van der Waals surface area contributed by atoms with Gasteiger partial charge in [0, 0.05) is 39.3 Å². The fourth-order valence-electron chi connectivity index (χ4n) is 2.99. The molecule has 118 valence electrons. The van der Waals surface area contributed by atoms with Gasteiger partial charge in [-0.05, 0) is 12.1 Å². The standard InChI is InChI=1S/C15H20N4O3/c1-22-15(21)12-4-2-3-11(17-12)9-18-7-8-19-6-5-16-14(20)13(19)10-18/h2-4,13H,5-10H2,1H3,(H,16,20)/t13-/m1/s1. The van der Waals surface area contributed by atoms with Crippen LogP contribution in [0.4, 0.5) is 0 Å². The molecule has 0 aromatic carbocycles. The normalized spacial score (nSPS) is 22.8. The van der Waals surface area contributed by atoms with Crippen molar-refractivity contribution in [3.05, 3.63) is 29.6 Å². The van der Waals surface area contributed by atoms with Gasteiger partial charge in [-0.25, -0.2) is 9.78 Å². The SMILES string of the molecule is COC(=O)c1cccc(CN2CCN3CCNC(=O)[C@H]3C2)n1. The van der Waals surface area contributed by atoms with Crippen LogP contribution in [0, 0.1) is 0 Å². The molecule has 2 aliphatic heterocycles. The lowest BCUT2D eigenvalue weighted by Gasteiger charge is -2.42. The lowest BCUT2D eigenvalue weighted by atomic mass is 10.1. The quantitative estimate of drug-likeness (QED) is 0.758. The molecule has 0 aliphatic carbocycles. The Morgan fingerprint density at radius 2 is 2.27 bits per heavy atom. The molecule has 1 atom stereocenters. The van der Waals surface area contributed by atoms with E-state index in [4.69, 9.17) is 4.74 Å². The highest BCUT2D eigenvalue weighted by Crippen LogP contribution is 2.14. The lowest BCUT2D eigenvalue weighted by Crippen LogP contribution is -2.63. The Bertz CT molecular complexity index is 578. The number of piperazine rings is 2. The van der Waals surface area contributed by atoms with E-state index < -0.39 is 5.97 Å². The summed E-state index contributed by atoms with van der Waals surface area (Å²) in [6.07, 6.45) is 0. The van der Waals surface area contributed by atoms with Gasteiger partial charge in [0.1, 0.15) is 11.7 Å². The maximum Gasteiger partial charge on any atom is 0.356 e. The molecule has 1 N–H and O–H groups in total. The highest BCUT2D eigenvalue weighted by Gasteiger charge is 2.34. The van der Waals surface area contributed by atoms with E-state index in [1.807, 2.05) is 6.07 Å². The largest absolute Gasteiger partial charge is 0.464 e. The van der Waals surface area contributed by atoms with Crippen molar-refractivity contribution in [3.63, 3.8) is 0 Å². The van der Waals surface area contributed by atoms with Crippen molar-refractivity contribution in [3.8, 4) is 0 Å². The average molecular weight is 304 g/mol. The van der Waals surface area contributed by atoms with Crippen LogP contribution >= 0.6 is 0 Å². The van der Waals surface area contributed by atoms with Gasteiger partial charge in [-0.2, -0.15) is 0 Å². The number of esters is 1. The summed E-state index contributed by atoms with van der Waals surface area (Å²) in [6.45, 7) is 4.75. The molecule has 22 heavy (non-hydrogen) atoms. The second-order valence-corrected chi connectivity index (χ2v) is 5.58. The van der Waals surface area contributed by atoms with Crippen molar-refractivity contribution in [2.45, 2.75) is 12.6 Å². The number of rotatable bonds is 3. The summed E-state index contributed by atoms with van der Waals surface area (Å²) >= 11 is 0. The number of hydrogen-bond acceptors (Lipinski definition) is 6. The Morgan fingerprint density at radius 1 is 1.41 bits per heavy atom. The van der Waals surface area contributed by atoms with E-state index in [-0.39, 0.29) is 11.9 Å². The van der Waals surface area contributed by atoms with Crippen molar-refractivity contribution in [1.82, 2.24) is 20.1 Å². The second kappa shape index (κ2) is 6.41. The zero-order valence-electron chi connectivity index (χ0n) is 12.6. The second-order valence-electron chi connectivity index (χ2n) is 5.58. The Hall–Kier alpha value is -1.99. The molecule has 7 heteroatoms. The predicted octanol–water partition coefficient (Wildman–Crippen LogP) is -0.516. The van der Waals surface area contributed by atoms with Gasteiger partial charge in [0.15, 0.2) is 0 Å². The number of pyridine rings is 1. The number of nitrogens with zero attached hydrogens (tertiary/aromatic N) is 3. The van der Waals surface area contributed by atoms with Crippen LogP contribution in [-0.2, 0) is 16.1 Å². The van der Waals surface area contributed by atoms with E-state index in [2.05, 4.69) is 20.1 Å². The molecule has 0 radical (unpaired) electrons. The van der Waals surface area contributed by atoms with Crippen LogP contribution < -0.4 is 5.32 Å². The molecule has 2 saturated heterocycles. The number of methoxy groups -OCH3 is 1. The molecular weight excluding hydrogens is 284 g/mol. The van der Waals surface area contributed by atoms with Crippen LogP contribution in [0.25, 0.3) is 0 Å². The molecule has 1 amide bonds. The highest BCUT2D eigenvalue weighted by atomic mass is 16.5. The molecule has 0 bridgehead atoms. The van der Waals surface area contributed by atoms with Gasteiger partial charge in [-0.3, -0.25) is 14.6 Å². The molecule has 3 heterocycles. The number of hydrogen-bond donors (Lipinski definition) is 1. The van der Waals surface area contributed by atoms with Crippen molar-refractivity contribution < 1.29 is 14.3 Å². The first kappa shape index (κ1) is 14.9. The summed E-state index contributed by atoms with van der Waals surface area (Å²) in [5.74, 6) is -0.328. The van der Waals surface area contributed by atoms with Gasteiger partial charge in [0.2, 0.25) is 5.91 Å². The fourth-order valence-corrected chi connectivity index (χ4v) is 2.99. The third-order valence-corrected chi connectivity index (χ3v) is 4.16. The molecule has 0 spiro atoms. The first-order chi connectivity index (χ1) is 10.7. The molecule has 1 aromatic rings. The van der Waals surface area contributed by atoms with E-state index in [0.29, 0.717) is 18.8 Å². The summed E-state index contributed by atoms with van der Waals surface area (Å²) in [5.41, 5.74) is 1.13. The maximum atomic E-state index is 12.0. The Morgan fingerprint density at radius 3 is 3.09 bits per heavy atom. The van der Waals surface area contributed by atoms with Crippen LogP contribution in [0.3, 0.4) is 0 Å². The van der Waals surface area contributed by atoms with Crippen molar-refractivity contribution in [2.75, 3.05) is 39.8 Å². The van der Waals surface area contributed by atoms with Gasteiger partial charge in [-0.1, -0.05) is 6.07 Å². The maximum absolute atomic E-state index is 12.0. The first-order valence-electron chi connectivity index (χ1n) is 7.46. The third-order valence-electron chi connectivity index (χ3n) is 4.16. The van der Waals surface area contributed by atoms with Crippen LogP contribution in [-0.4, -0.2) is 72.5 Å². The van der Waals surface area contributed by atoms with Crippen LogP contribution in [0.2, 0.25) is 0 Å². The summed E-state index contributed by atoms with van der Waals surface area (Å²) in [6, 6.07) is 5.26.